The molecule has 4 aromatic heterocycles. The van der Waals surface area contributed by atoms with E-state index in [-0.39, 0.29) is 0 Å². The van der Waals surface area contributed by atoms with Crippen LogP contribution in [0.4, 0.5) is 0 Å². The van der Waals surface area contributed by atoms with Gasteiger partial charge in [-0.2, -0.15) is 10.2 Å². The first kappa shape index (κ1) is 15.2. The first-order valence-corrected chi connectivity index (χ1v) is 9.42. The van der Waals surface area contributed by atoms with Gasteiger partial charge in [-0.3, -0.25) is 9.58 Å². The lowest BCUT2D eigenvalue weighted by molar-refractivity contribution is 0.161. The predicted octanol–water partition coefficient (Wildman–Crippen LogP) is 2.98. The van der Waals surface area contributed by atoms with Crippen LogP contribution in [0.15, 0.2) is 47.3 Å². The van der Waals surface area contributed by atoms with Crippen molar-refractivity contribution in [3.8, 4) is 11.5 Å². The minimum atomic E-state index is 0.404. The van der Waals surface area contributed by atoms with Crippen molar-refractivity contribution >= 4 is 5.65 Å². The van der Waals surface area contributed by atoms with Gasteiger partial charge in [0, 0.05) is 56.1 Å². The molecular weight excluding hydrogens is 340 g/mol. The number of rotatable bonds is 3. The van der Waals surface area contributed by atoms with E-state index in [2.05, 4.69) is 22.3 Å². The molecule has 1 fully saturated rings. The molecule has 6 heterocycles. The van der Waals surface area contributed by atoms with E-state index in [1.54, 1.807) is 6.26 Å². The van der Waals surface area contributed by atoms with Gasteiger partial charge in [-0.1, -0.05) is 0 Å². The monoisotopic (exact) mass is 360 g/mol. The molecule has 0 amide bonds. The normalized spacial score (nSPS) is 21.8. The first-order valence-electron chi connectivity index (χ1n) is 9.42. The summed E-state index contributed by atoms with van der Waals surface area (Å²) in [5.74, 6) is 0.783. The summed E-state index contributed by atoms with van der Waals surface area (Å²) in [4.78, 5) is 7.32. The maximum atomic E-state index is 5.51. The van der Waals surface area contributed by atoms with Gasteiger partial charge in [-0.15, -0.1) is 0 Å². The zero-order chi connectivity index (χ0) is 18.0. The molecular formula is C20H20N6O. The van der Waals surface area contributed by atoms with Crippen molar-refractivity contribution in [2.75, 3.05) is 0 Å². The molecule has 0 aromatic carbocycles. The van der Waals surface area contributed by atoms with Crippen molar-refractivity contribution in [2.45, 2.75) is 37.9 Å². The molecule has 0 N–H and O–H groups in total. The number of fused-ring (bicyclic) bond motifs is 6. The Bertz CT molecular complexity index is 1120. The maximum Gasteiger partial charge on any atom is 0.155 e. The van der Waals surface area contributed by atoms with Crippen LogP contribution in [0.2, 0.25) is 0 Å². The standard InChI is InChI=1S/C20H20N6O/c1-24-14(6-7-22-24)12-25-13-4-5-17(25)15-11-21-20-10-16(19-3-2-8-27-19)23-26(20)18(15)9-13/h2-3,6-8,10-11,13,17H,4-5,9,12H2,1H3. The largest absolute Gasteiger partial charge is 0.463 e. The second-order valence-electron chi connectivity index (χ2n) is 7.51. The molecule has 2 aliphatic heterocycles. The fourth-order valence-corrected chi connectivity index (χ4v) is 4.72. The van der Waals surface area contributed by atoms with Gasteiger partial charge in [0.1, 0.15) is 5.69 Å². The number of aromatic nitrogens is 5. The van der Waals surface area contributed by atoms with E-state index in [9.17, 15) is 0 Å². The smallest absolute Gasteiger partial charge is 0.155 e. The van der Waals surface area contributed by atoms with Crippen molar-refractivity contribution in [1.29, 1.82) is 0 Å². The van der Waals surface area contributed by atoms with Crippen LogP contribution in [0.5, 0.6) is 0 Å². The number of hydrogen-bond acceptors (Lipinski definition) is 5. The summed E-state index contributed by atoms with van der Waals surface area (Å²) < 4.78 is 9.51. The second-order valence-corrected chi connectivity index (χ2v) is 7.51. The zero-order valence-corrected chi connectivity index (χ0v) is 15.1. The Balaban J connectivity index is 1.42. The quantitative estimate of drug-likeness (QED) is 0.562. The summed E-state index contributed by atoms with van der Waals surface area (Å²) in [6.07, 6.45) is 9.00. The maximum absolute atomic E-state index is 5.51. The molecule has 0 saturated carbocycles. The Morgan fingerprint density at radius 3 is 3.04 bits per heavy atom. The zero-order valence-electron chi connectivity index (χ0n) is 15.1. The van der Waals surface area contributed by atoms with Crippen LogP contribution in [0, 0.1) is 0 Å². The number of furan rings is 1. The highest BCUT2D eigenvalue weighted by atomic mass is 16.3. The highest BCUT2D eigenvalue weighted by Crippen LogP contribution is 2.44. The average Bonchev–Trinajstić information content (AvgIpc) is 3.43. The van der Waals surface area contributed by atoms with E-state index in [0.29, 0.717) is 12.1 Å². The van der Waals surface area contributed by atoms with Crippen LogP contribution in [0.3, 0.4) is 0 Å². The molecule has 1 saturated heterocycles. The van der Waals surface area contributed by atoms with Gasteiger partial charge in [0.15, 0.2) is 11.4 Å². The second kappa shape index (κ2) is 5.53. The third-order valence-electron chi connectivity index (χ3n) is 6.09. The Kier molecular flexibility index (Phi) is 3.11. The number of hydrogen-bond donors (Lipinski definition) is 0. The SMILES string of the molecule is Cn1nccc1CN1C2CCC1c1cnc3cc(-c4ccco4)nn3c1C2. The third-order valence-corrected chi connectivity index (χ3v) is 6.09. The van der Waals surface area contributed by atoms with Gasteiger partial charge >= 0.3 is 0 Å². The molecule has 7 heteroatoms. The minimum Gasteiger partial charge on any atom is -0.463 e. The summed E-state index contributed by atoms with van der Waals surface area (Å²) in [5.41, 5.74) is 5.59. The molecule has 2 unspecified atom stereocenters. The van der Waals surface area contributed by atoms with Gasteiger partial charge in [0.25, 0.3) is 0 Å². The lowest BCUT2D eigenvalue weighted by Gasteiger charge is -2.36. The fraction of sp³-hybridized carbons (Fsp3) is 0.350. The first-order chi connectivity index (χ1) is 13.3. The molecule has 4 aromatic rings. The molecule has 6 rings (SSSR count). The Labute approximate surface area is 156 Å². The summed E-state index contributed by atoms with van der Waals surface area (Å²) in [5, 5.41) is 9.13. The van der Waals surface area contributed by atoms with Gasteiger partial charge in [0.05, 0.1) is 17.7 Å². The molecule has 27 heavy (non-hydrogen) atoms. The number of aryl methyl sites for hydroxylation is 1. The molecule has 2 atom stereocenters. The van der Waals surface area contributed by atoms with Crippen LogP contribution in [0.25, 0.3) is 17.1 Å². The molecule has 0 radical (unpaired) electrons. The van der Waals surface area contributed by atoms with Crippen molar-refractivity contribution in [2.24, 2.45) is 7.05 Å². The molecule has 0 spiro atoms. The topological polar surface area (TPSA) is 64.4 Å². The molecule has 0 aliphatic carbocycles. The third kappa shape index (κ3) is 2.21. The van der Waals surface area contributed by atoms with Gasteiger partial charge in [-0.05, 0) is 31.0 Å². The van der Waals surface area contributed by atoms with Crippen molar-refractivity contribution in [3.63, 3.8) is 0 Å². The number of nitrogens with zero attached hydrogens (tertiary/aromatic N) is 6. The van der Waals surface area contributed by atoms with Crippen LogP contribution in [-0.4, -0.2) is 35.3 Å². The molecule has 7 nitrogen and oxygen atoms in total. The highest BCUT2D eigenvalue weighted by Gasteiger charge is 2.41. The van der Waals surface area contributed by atoms with Gasteiger partial charge < -0.3 is 4.42 Å². The molecule has 2 bridgehead atoms. The van der Waals surface area contributed by atoms with Crippen molar-refractivity contribution in [3.05, 3.63) is 59.9 Å². The van der Waals surface area contributed by atoms with Crippen LogP contribution >= 0.6 is 0 Å². The Morgan fingerprint density at radius 2 is 2.22 bits per heavy atom. The fourth-order valence-electron chi connectivity index (χ4n) is 4.72. The average molecular weight is 360 g/mol. The van der Waals surface area contributed by atoms with E-state index in [4.69, 9.17) is 14.5 Å². The van der Waals surface area contributed by atoms with E-state index < -0.39 is 0 Å². The van der Waals surface area contributed by atoms with Crippen molar-refractivity contribution < 1.29 is 4.42 Å². The predicted molar refractivity (Wildman–Crippen MR) is 98.9 cm³/mol. The summed E-state index contributed by atoms with van der Waals surface area (Å²) >= 11 is 0. The van der Waals surface area contributed by atoms with Crippen molar-refractivity contribution in [1.82, 2.24) is 29.3 Å². The van der Waals surface area contributed by atoms with E-state index in [0.717, 1.165) is 30.1 Å². The lowest BCUT2D eigenvalue weighted by atomic mass is 9.99. The minimum absolute atomic E-state index is 0.404. The van der Waals surface area contributed by atoms with Crippen LogP contribution in [-0.2, 0) is 20.0 Å². The van der Waals surface area contributed by atoms with Gasteiger partial charge in [-0.25, -0.2) is 9.50 Å². The Morgan fingerprint density at radius 1 is 1.26 bits per heavy atom. The van der Waals surface area contributed by atoms with Crippen LogP contribution < -0.4 is 0 Å². The highest BCUT2D eigenvalue weighted by molar-refractivity contribution is 5.59. The molecule has 136 valence electrons. The lowest BCUT2D eigenvalue weighted by Crippen LogP contribution is -2.38. The summed E-state index contributed by atoms with van der Waals surface area (Å²) in [7, 11) is 2.01. The van der Waals surface area contributed by atoms with Crippen LogP contribution in [0.1, 0.15) is 35.8 Å². The van der Waals surface area contributed by atoms with E-state index in [1.807, 2.05) is 40.6 Å². The summed E-state index contributed by atoms with van der Waals surface area (Å²) in [6.45, 7) is 0.931. The van der Waals surface area contributed by atoms with E-state index in [1.165, 1.54) is 29.8 Å². The Hall–Kier alpha value is -2.93. The van der Waals surface area contributed by atoms with Gasteiger partial charge in [0.2, 0.25) is 0 Å². The summed E-state index contributed by atoms with van der Waals surface area (Å²) in [6, 6.07) is 8.88. The molecule has 2 aliphatic rings. The van der Waals surface area contributed by atoms with E-state index >= 15 is 0 Å².